The number of rotatable bonds is 3. The Morgan fingerprint density at radius 1 is 1.33 bits per heavy atom. The number of hydrogen-bond acceptors (Lipinski definition) is 4. The predicted octanol–water partition coefficient (Wildman–Crippen LogP) is 3.40. The third kappa shape index (κ3) is 5.34. The molecule has 0 aliphatic heterocycles. The Morgan fingerprint density at radius 3 is 2.48 bits per heavy atom. The van der Waals surface area contributed by atoms with Gasteiger partial charge >= 0.3 is 12.1 Å². The van der Waals surface area contributed by atoms with Gasteiger partial charge < -0.3 is 14.8 Å². The van der Waals surface area contributed by atoms with Crippen LogP contribution in [0.5, 0.6) is 0 Å². The molecule has 1 aromatic rings. The van der Waals surface area contributed by atoms with Crippen LogP contribution in [0.4, 0.5) is 9.18 Å². The van der Waals surface area contributed by atoms with Crippen molar-refractivity contribution in [2.24, 2.45) is 0 Å². The van der Waals surface area contributed by atoms with Gasteiger partial charge in [0.05, 0.1) is 12.7 Å². The highest BCUT2D eigenvalue weighted by Crippen LogP contribution is 2.22. The van der Waals surface area contributed by atoms with Crippen molar-refractivity contribution in [3.8, 4) is 0 Å². The van der Waals surface area contributed by atoms with E-state index in [-0.39, 0.29) is 12.1 Å². The Kier molecular flexibility index (Phi) is 5.71. The molecule has 0 radical (unpaired) electrons. The lowest BCUT2D eigenvalue weighted by Gasteiger charge is -2.20. The second-order valence-corrected chi connectivity index (χ2v) is 6.12. The van der Waals surface area contributed by atoms with Crippen molar-refractivity contribution in [3.05, 3.63) is 33.5 Å². The third-order valence-corrected chi connectivity index (χ3v) is 3.10. The van der Waals surface area contributed by atoms with E-state index in [1.54, 1.807) is 20.8 Å². The molecule has 0 fully saturated rings. The lowest BCUT2D eigenvalue weighted by Crippen LogP contribution is -2.32. The first kappa shape index (κ1) is 17.4. The van der Waals surface area contributed by atoms with Gasteiger partial charge in [-0.05, 0) is 38.5 Å². The summed E-state index contributed by atoms with van der Waals surface area (Å²) < 4.78 is 23.8. The van der Waals surface area contributed by atoms with Crippen LogP contribution in [0.25, 0.3) is 0 Å². The summed E-state index contributed by atoms with van der Waals surface area (Å²) in [5, 5.41) is 2.51. The highest BCUT2D eigenvalue weighted by molar-refractivity contribution is 9.10. The van der Waals surface area contributed by atoms with Crippen molar-refractivity contribution in [2.45, 2.75) is 32.9 Å². The van der Waals surface area contributed by atoms with Gasteiger partial charge in [0.2, 0.25) is 0 Å². The molecule has 0 spiro atoms. The van der Waals surface area contributed by atoms with Crippen LogP contribution >= 0.6 is 15.9 Å². The number of amides is 1. The third-order valence-electron chi connectivity index (χ3n) is 2.36. The molecular formula is C14H17BrFNO4. The topological polar surface area (TPSA) is 64.6 Å². The van der Waals surface area contributed by atoms with E-state index in [1.807, 2.05) is 0 Å². The molecule has 1 aromatic carbocycles. The van der Waals surface area contributed by atoms with Gasteiger partial charge in [-0.15, -0.1) is 0 Å². The molecule has 0 aliphatic carbocycles. The van der Waals surface area contributed by atoms with Gasteiger partial charge in [-0.1, -0.05) is 15.9 Å². The maximum absolute atomic E-state index is 13.8. The minimum Gasteiger partial charge on any atom is -0.465 e. The van der Waals surface area contributed by atoms with Crippen LogP contribution in [0.3, 0.4) is 0 Å². The van der Waals surface area contributed by atoms with Crippen molar-refractivity contribution in [1.82, 2.24) is 5.32 Å². The first-order chi connectivity index (χ1) is 9.64. The number of ether oxygens (including phenoxy) is 2. The van der Waals surface area contributed by atoms with Crippen LogP contribution in [0.1, 0.15) is 36.7 Å². The van der Waals surface area contributed by atoms with Gasteiger partial charge in [-0.3, -0.25) is 0 Å². The summed E-state index contributed by atoms with van der Waals surface area (Å²) in [6.07, 6.45) is -0.605. The van der Waals surface area contributed by atoms with E-state index in [0.29, 0.717) is 10.0 Å². The Hall–Kier alpha value is -1.63. The monoisotopic (exact) mass is 361 g/mol. The summed E-state index contributed by atoms with van der Waals surface area (Å²) in [6, 6.07) is 2.47. The number of alkyl carbamates (subject to hydrolysis) is 1. The summed E-state index contributed by atoms with van der Waals surface area (Å²) in [5.41, 5.74) is -0.308. The van der Waals surface area contributed by atoms with Crippen molar-refractivity contribution < 1.29 is 23.5 Å². The Morgan fingerprint density at radius 2 is 1.95 bits per heavy atom. The largest absolute Gasteiger partial charge is 0.465 e. The fourth-order valence-electron chi connectivity index (χ4n) is 1.47. The summed E-state index contributed by atoms with van der Waals surface area (Å²) in [5.74, 6) is -1.48. The van der Waals surface area contributed by atoms with Crippen LogP contribution in [0, 0.1) is 5.82 Å². The second kappa shape index (κ2) is 6.89. The minimum atomic E-state index is -0.764. The van der Waals surface area contributed by atoms with E-state index in [1.165, 1.54) is 13.2 Å². The Labute approximate surface area is 130 Å². The molecule has 0 saturated heterocycles. The van der Waals surface area contributed by atoms with Crippen LogP contribution in [-0.2, 0) is 16.0 Å². The normalized spacial score (nSPS) is 11.0. The van der Waals surface area contributed by atoms with E-state index in [4.69, 9.17) is 4.74 Å². The number of esters is 1. The van der Waals surface area contributed by atoms with Crippen molar-refractivity contribution >= 4 is 28.0 Å². The molecule has 1 N–H and O–H groups in total. The van der Waals surface area contributed by atoms with Gasteiger partial charge in [0.1, 0.15) is 11.4 Å². The predicted molar refractivity (Wildman–Crippen MR) is 78.5 cm³/mol. The van der Waals surface area contributed by atoms with Crippen LogP contribution < -0.4 is 5.32 Å². The van der Waals surface area contributed by atoms with E-state index in [9.17, 15) is 14.0 Å². The molecular weight excluding hydrogens is 345 g/mol. The zero-order valence-electron chi connectivity index (χ0n) is 12.3. The first-order valence-electron chi connectivity index (χ1n) is 6.17. The van der Waals surface area contributed by atoms with Crippen LogP contribution in [0.2, 0.25) is 0 Å². The molecule has 0 bridgehead atoms. The Balaban J connectivity index is 2.80. The second-order valence-electron chi connectivity index (χ2n) is 5.27. The van der Waals surface area contributed by atoms with Gasteiger partial charge in [0.15, 0.2) is 0 Å². The smallest absolute Gasteiger partial charge is 0.407 e. The lowest BCUT2D eigenvalue weighted by atomic mass is 10.1. The van der Waals surface area contributed by atoms with Crippen molar-refractivity contribution in [3.63, 3.8) is 0 Å². The van der Waals surface area contributed by atoms with Crippen LogP contribution in [0.15, 0.2) is 16.6 Å². The van der Waals surface area contributed by atoms with E-state index < -0.39 is 23.5 Å². The summed E-state index contributed by atoms with van der Waals surface area (Å²) in [6.45, 7) is 5.29. The highest BCUT2D eigenvalue weighted by atomic mass is 79.9. The number of carbonyl (C=O) groups excluding carboxylic acids is 2. The SMILES string of the molecule is COC(=O)c1cc(Br)c(CNC(=O)OC(C)(C)C)cc1F. The molecule has 1 amide bonds. The number of methoxy groups -OCH3 is 1. The number of hydrogen-bond donors (Lipinski definition) is 1. The fourth-order valence-corrected chi connectivity index (χ4v) is 1.96. The summed E-state index contributed by atoms with van der Waals surface area (Å²) in [4.78, 5) is 22.9. The zero-order valence-corrected chi connectivity index (χ0v) is 13.8. The van der Waals surface area contributed by atoms with Crippen molar-refractivity contribution in [1.29, 1.82) is 0 Å². The molecule has 1 rings (SSSR count). The van der Waals surface area contributed by atoms with Gasteiger partial charge in [0.25, 0.3) is 0 Å². The van der Waals surface area contributed by atoms with E-state index >= 15 is 0 Å². The lowest BCUT2D eigenvalue weighted by molar-refractivity contribution is 0.0521. The maximum Gasteiger partial charge on any atom is 0.407 e. The van der Waals surface area contributed by atoms with Crippen molar-refractivity contribution in [2.75, 3.05) is 7.11 Å². The molecule has 0 aromatic heterocycles. The number of carbonyl (C=O) groups is 2. The first-order valence-corrected chi connectivity index (χ1v) is 6.96. The quantitative estimate of drug-likeness (QED) is 0.838. The fraction of sp³-hybridized carbons (Fsp3) is 0.429. The molecule has 21 heavy (non-hydrogen) atoms. The summed E-state index contributed by atoms with van der Waals surface area (Å²) in [7, 11) is 1.17. The molecule has 0 saturated carbocycles. The number of halogens is 2. The van der Waals surface area contributed by atoms with Gasteiger partial charge in [-0.25, -0.2) is 14.0 Å². The molecule has 0 aliphatic rings. The van der Waals surface area contributed by atoms with E-state index in [0.717, 1.165) is 6.07 Å². The van der Waals surface area contributed by atoms with Gasteiger partial charge in [0, 0.05) is 11.0 Å². The molecule has 0 unspecified atom stereocenters. The molecule has 0 atom stereocenters. The number of nitrogens with one attached hydrogen (secondary N) is 1. The standard InChI is InChI=1S/C14H17BrFNO4/c1-14(2,3)21-13(19)17-7-8-5-11(16)9(6-10(8)15)12(18)20-4/h5-6H,7H2,1-4H3,(H,17,19). The summed E-state index contributed by atoms with van der Waals surface area (Å²) >= 11 is 3.22. The zero-order chi connectivity index (χ0) is 16.2. The van der Waals surface area contributed by atoms with Crippen LogP contribution in [-0.4, -0.2) is 24.8 Å². The maximum atomic E-state index is 13.8. The minimum absolute atomic E-state index is 0.0634. The average Bonchev–Trinajstić information content (AvgIpc) is 2.36. The highest BCUT2D eigenvalue weighted by Gasteiger charge is 2.18. The van der Waals surface area contributed by atoms with E-state index in [2.05, 4.69) is 26.0 Å². The number of benzene rings is 1. The molecule has 5 nitrogen and oxygen atoms in total. The average molecular weight is 362 g/mol. The Bertz CT molecular complexity index is 555. The van der Waals surface area contributed by atoms with Gasteiger partial charge in [-0.2, -0.15) is 0 Å². The molecule has 116 valence electrons. The molecule has 7 heteroatoms. The molecule has 0 heterocycles.